The van der Waals surface area contributed by atoms with Crippen LogP contribution in [0.25, 0.3) is 6.08 Å². The van der Waals surface area contributed by atoms with Gasteiger partial charge in [0.25, 0.3) is 10.0 Å². The first-order chi connectivity index (χ1) is 16.9. The second kappa shape index (κ2) is 11.3. The second-order valence-corrected chi connectivity index (χ2v) is 10.5. The fraction of sp³-hybridized carbons (Fsp3) is 0.250. The number of rotatable bonds is 8. The molecule has 35 heavy (non-hydrogen) atoms. The number of benzene rings is 3. The Morgan fingerprint density at radius 1 is 0.857 bits per heavy atom. The van der Waals surface area contributed by atoms with Crippen LogP contribution in [0.4, 0.5) is 5.69 Å². The molecule has 1 fully saturated rings. The quantitative estimate of drug-likeness (QED) is 0.479. The minimum atomic E-state index is -3.89. The van der Waals surface area contributed by atoms with Gasteiger partial charge in [-0.1, -0.05) is 78.9 Å². The molecule has 0 aromatic heterocycles. The lowest BCUT2D eigenvalue weighted by Gasteiger charge is -2.35. The lowest BCUT2D eigenvalue weighted by molar-refractivity contribution is -0.131. The van der Waals surface area contributed by atoms with Gasteiger partial charge in [-0.25, -0.2) is 8.42 Å². The van der Waals surface area contributed by atoms with Crippen molar-refractivity contribution in [3.8, 4) is 0 Å². The zero-order chi connectivity index (χ0) is 24.7. The molecule has 0 saturated carbocycles. The number of amides is 1. The monoisotopic (exact) mass is 489 g/mol. The topological polar surface area (TPSA) is 60.9 Å². The fourth-order valence-corrected chi connectivity index (χ4v) is 5.67. The van der Waals surface area contributed by atoms with Gasteiger partial charge in [-0.2, -0.15) is 0 Å². The van der Waals surface area contributed by atoms with E-state index in [1.807, 2.05) is 37.3 Å². The Bertz CT molecular complexity index is 1250. The van der Waals surface area contributed by atoms with Crippen LogP contribution in [0.3, 0.4) is 0 Å². The number of nitrogens with zero attached hydrogens (tertiary/aromatic N) is 3. The lowest BCUT2D eigenvalue weighted by atomic mass is 10.2. The van der Waals surface area contributed by atoms with Crippen LogP contribution in [0.5, 0.6) is 0 Å². The molecule has 0 bridgehead atoms. The number of aryl methyl sites for hydroxylation is 1. The van der Waals surface area contributed by atoms with Crippen molar-refractivity contribution < 1.29 is 13.2 Å². The van der Waals surface area contributed by atoms with Crippen LogP contribution in [-0.4, -0.2) is 63.4 Å². The summed E-state index contributed by atoms with van der Waals surface area (Å²) in [6.45, 7) is 5.09. The average molecular weight is 490 g/mol. The van der Waals surface area contributed by atoms with E-state index in [9.17, 15) is 13.2 Å². The van der Waals surface area contributed by atoms with E-state index in [0.717, 1.165) is 30.8 Å². The maximum Gasteiger partial charge on any atom is 0.264 e. The summed E-state index contributed by atoms with van der Waals surface area (Å²) in [6.07, 6.45) is 4.24. The van der Waals surface area contributed by atoms with Gasteiger partial charge < -0.3 is 4.90 Å². The smallest absolute Gasteiger partial charge is 0.264 e. The Hall–Kier alpha value is -3.42. The van der Waals surface area contributed by atoms with Gasteiger partial charge in [0.1, 0.15) is 6.54 Å². The molecule has 0 radical (unpaired) electrons. The zero-order valence-electron chi connectivity index (χ0n) is 20.0. The molecule has 0 unspecified atom stereocenters. The number of carbonyl (C=O) groups is 1. The first-order valence-corrected chi connectivity index (χ1v) is 13.2. The van der Waals surface area contributed by atoms with Crippen molar-refractivity contribution >= 4 is 27.7 Å². The highest BCUT2D eigenvalue weighted by molar-refractivity contribution is 7.92. The normalized spacial score (nSPS) is 14.8. The lowest BCUT2D eigenvalue weighted by Crippen LogP contribution is -2.51. The predicted molar refractivity (Wildman–Crippen MR) is 141 cm³/mol. The molecular formula is C28H31N3O3S. The number of anilines is 1. The van der Waals surface area contributed by atoms with Gasteiger partial charge in [0.2, 0.25) is 5.91 Å². The number of carbonyl (C=O) groups excluding carboxylic acids is 1. The van der Waals surface area contributed by atoms with E-state index in [4.69, 9.17) is 0 Å². The van der Waals surface area contributed by atoms with E-state index in [1.165, 1.54) is 4.31 Å². The van der Waals surface area contributed by atoms with E-state index in [0.29, 0.717) is 18.8 Å². The van der Waals surface area contributed by atoms with E-state index in [1.54, 1.807) is 47.4 Å². The molecule has 182 valence electrons. The summed E-state index contributed by atoms with van der Waals surface area (Å²) in [6, 6.07) is 25.7. The summed E-state index contributed by atoms with van der Waals surface area (Å²) < 4.78 is 28.3. The van der Waals surface area contributed by atoms with Crippen LogP contribution in [-0.2, 0) is 14.8 Å². The molecule has 6 nitrogen and oxygen atoms in total. The van der Waals surface area contributed by atoms with Gasteiger partial charge in [-0.15, -0.1) is 0 Å². The molecule has 4 rings (SSSR count). The van der Waals surface area contributed by atoms with E-state index < -0.39 is 10.0 Å². The first-order valence-electron chi connectivity index (χ1n) is 11.8. The maximum absolute atomic E-state index is 13.5. The largest absolute Gasteiger partial charge is 0.339 e. The Balaban J connectivity index is 1.42. The van der Waals surface area contributed by atoms with Gasteiger partial charge in [0.05, 0.1) is 10.6 Å². The Labute approximate surface area is 208 Å². The molecular weight excluding hydrogens is 458 g/mol. The second-order valence-electron chi connectivity index (χ2n) is 8.61. The Morgan fingerprint density at radius 3 is 2.11 bits per heavy atom. The summed E-state index contributed by atoms with van der Waals surface area (Å²) >= 11 is 0. The van der Waals surface area contributed by atoms with E-state index in [-0.39, 0.29) is 17.3 Å². The highest BCUT2D eigenvalue weighted by Gasteiger charge is 2.30. The van der Waals surface area contributed by atoms with Crippen LogP contribution in [0.2, 0.25) is 0 Å². The van der Waals surface area contributed by atoms with Crippen molar-refractivity contribution in [3.05, 3.63) is 102 Å². The van der Waals surface area contributed by atoms with Crippen LogP contribution in [0, 0.1) is 6.92 Å². The van der Waals surface area contributed by atoms with Crippen molar-refractivity contribution in [1.29, 1.82) is 0 Å². The van der Waals surface area contributed by atoms with Crippen molar-refractivity contribution in [2.45, 2.75) is 11.8 Å². The summed E-state index contributed by atoms with van der Waals surface area (Å²) in [7, 11) is -3.89. The van der Waals surface area contributed by atoms with Crippen LogP contribution >= 0.6 is 0 Å². The van der Waals surface area contributed by atoms with Gasteiger partial charge in [-0.3, -0.25) is 14.0 Å². The summed E-state index contributed by atoms with van der Waals surface area (Å²) in [5, 5.41) is 0. The molecule has 0 N–H and O–H groups in total. The first kappa shape index (κ1) is 24.7. The van der Waals surface area contributed by atoms with Crippen molar-refractivity contribution in [2.75, 3.05) is 43.6 Å². The van der Waals surface area contributed by atoms with Gasteiger partial charge >= 0.3 is 0 Å². The molecule has 0 spiro atoms. The highest BCUT2D eigenvalue weighted by Crippen LogP contribution is 2.27. The Kier molecular flexibility index (Phi) is 8.00. The number of hydrogen-bond donors (Lipinski definition) is 0. The van der Waals surface area contributed by atoms with E-state index in [2.05, 4.69) is 29.2 Å². The van der Waals surface area contributed by atoms with Crippen LogP contribution in [0.15, 0.2) is 95.9 Å². The molecule has 1 aliphatic rings. The molecule has 3 aromatic rings. The molecule has 7 heteroatoms. The molecule has 0 aliphatic carbocycles. The summed E-state index contributed by atoms with van der Waals surface area (Å²) in [5.41, 5.74) is 2.49. The maximum atomic E-state index is 13.5. The predicted octanol–water partition coefficient (Wildman–Crippen LogP) is 4.05. The number of sulfonamides is 1. The van der Waals surface area contributed by atoms with Crippen LogP contribution < -0.4 is 4.31 Å². The molecule has 1 heterocycles. The molecule has 3 aromatic carbocycles. The van der Waals surface area contributed by atoms with E-state index >= 15 is 0 Å². The SMILES string of the molecule is Cc1ccccc1N(CC(=O)N1CCN(C/C=C/c2ccccc2)CC1)S(=O)(=O)c1ccccc1. The molecule has 1 amide bonds. The molecule has 0 atom stereocenters. The third kappa shape index (κ3) is 6.18. The number of piperazine rings is 1. The third-order valence-corrected chi connectivity index (χ3v) is 7.97. The minimum absolute atomic E-state index is 0.172. The van der Waals surface area contributed by atoms with Crippen LogP contribution in [0.1, 0.15) is 11.1 Å². The fourth-order valence-electron chi connectivity index (χ4n) is 4.17. The van der Waals surface area contributed by atoms with Crippen molar-refractivity contribution in [2.24, 2.45) is 0 Å². The van der Waals surface area contributed by atoms with Gasteiger partial charge in [0.15, 0.2) is 0 Å². The Morgan fingerprint density at radius 2 is 1.46 bits per heavy atom. The third-order valence-electron chi connectivity index (χ3n) is 6.19. The van der Waals surface area contributed by atoms with Gasteiger partial charge in [0, 0.05) is 32.7 Å². The average Bonchev–Trinajstić information content (AvgIpc) is 2.89. The summed E-state index contributed by atoms with van der Waals surface area (Å²) in [4.78, 5) is 17.5. The summed E-state index contributed by atoms with van der Waals surface area (Å²) in [5.74, 6) is -0.188. The number of para-hydroxylation sites is 1. The van der Waals surface area contributed by atoms with Crippen molar-refractivity contribution in [1.82, 2.24) is 9.80 Å². The zero-order valence-corrected chi connectivity index (χ0v) is 20.8. The van der Waals surface area contributed by atoms with Crippen molar-refractivity contribution in [3.63, 3.8) is 0 Å². The minimum Gasteiger partial charge on any atom is -0.339 e. The number of hydrogen-bond acceptors (Lipinski definition) is 4. The molecule has 1 saturated heterocycles. The van der Waals surface area contributed by atoms with Gasteiger partial charge in [-0.05, 0) is 36.2 Å². The molecule has 1 aliphatic heterocycles. The highest BCUT2D eigenvalue weighted by atomic mass is 32.2. The standard InChI is InChI=1S/C28H31N3O3S/c1-24-11-8-9-17-27(24)31(35(33,34)26-15-6-3-7-16-26)23-28(32)30-21-19-29(20-22-30)18-10-14-25-12-4-2-5-13-25/h2-17H,18-23H2,1H3/b14-10+.